The van der Waals surface area contributed by atoms with Crippen LogP contribution in [0, 0.1) is 19.7 Å². The van der Waals surface area contributed by atoms with Crippen molar-refractivity contribution in [1.82, 2.24) is 10.3 Å². The van der Waals surface area contributed by atoms with Crippen LogP contribution in [0.2, 0.25) is 0 Å². The van der Waals surface area contributed by atoms with Gasteiger partial charge in [0.05, 0.1) is 12.2 Å². The predicted octanol–water partition coefficient (Wildman–Crippen LogP) is 4.26. The highest BCUT2D eigenvalue weighted by Crippen LogP contribution is 2.29. The first-order valence-electron chi connectivity index (χ1n) is 8.20. The molecule has 1 amide bonds. The number of benzene rings is 2. The molecule has 0 spiro atoms. The van der Waals surface area contributed by atoms with Crippen LogP contribution in [0.25, 0.3) is 10.6 Å². The number of aromatic nitrogens is 1. The second-order valence-electron chi connectivity index (χ2n) is 5.86. The highest BCUT2D eigenvalue weighted by atomic mass is 32.1. The molecule has 1 N–H and O–H groups in total. The molecule has 0 bridgehead atoms. The summed E-state index contributed by atoms with van der Waals surface area (Å²) in [5, 5.41) is 3.78. The minimum absolute atomic E-state index is 0.117. The number of nitrogens with zero attached hydrogens (tertiary/aromatic N) is 1. The molecule has 0 saturated heterocycles. The second kappa shape index (κ2) is 8.10. The van der Waals surface area contributed by atoms with E-state index in [0.717, 1.165) is 21.1 Å². The third-order valence-electron chi connectivity index (χ3n) is 3.90. The van der Waals surface area contributed by atoms with Crippen molar-refractivity contribution in [1.29, 1.82) is 0 Å². The van der Waals surface area contributed by atoms with Crippen molar-refractivity contribution < 1.29 is 13.9 Å². The van der Waals surface area contributed by atoms with Gasteiger partial charge in [0.15, 0.2) is 6.61 Å². The minimum atomic E-state index is -0.341. The van der Waals surface area contributed by atoms with Gasteiger partial charge in [-0.3, -0.25) is 4.79 Å². The van der Waals surface area contributed by atoms with E-state index in [1.807, 2.05) is 25.1 Å². The summed E-state index contributed by atoms with van der Waals surface area (Å²) in [6, 6.07) is 13.7. The third kappa shape index (κ3) is 4.46. The van der Waals surface area contributed by atoms with E-state index in [4.69, 9.17) is 4.74 Å². The van der Waals surface area contributed by atoms with Crippen LogP contribution >= 0.6 is 11.3 Å². The Morgan fingerprint density at radius 1 is 1.15 bits per heavy atom. The fourth-order valence-corrected chi connectivity index (χ4v) is 3.52. The smallest absolute Gasteiger partial charge is 0.258 e. The van der Waals surface area contributed by atoms with E-state index in [-0.39, 0.29) is 18.3 Å². The lowest BCUT2D eigenvalue weighted by Gasteiger charge is -2.07. The molecule has 3 rings (SSSR count). The van der Waals surface area contributed by atoms with Crippen LogP contribution in [-0.2, 0) is 11.3 Å². The van der Waals surface area contributed by atoms with E-state index in [1.165, 1.54) is 29.8 Å². The number of carbonyl (C=O) groups is 1. The van der Waals surface area contributed by atoms with Crippen molar-refractivity contribution >= 4 is 17.2 Å². The number of carbonyl (C=O) groups excluding carboxylic acids is 1. The topological polar surface area (TPSA) is 51.2 Å². The highest BCUT2D eigenvalue weighted by molar-refractivity contribution is 7.15. The van der Waals surface area contributed by atoms with Gasteiger partial charge in [0, 0.05) is 10.4 Å². The van der Waals surface area contributed by atoms with Crippen molar-refractivity contribution in [2.75, 3.05) is 6.61 Å². The zero-order valence-electron chi connectivity index (χ0n) is 14.6. The van der Waals surface area contributed by atoms with E-state index in [0.29, 0.717) is 12.3 Å². The van der Waals surface area contributed by atoms with Gasteiger partial charge < -0.3 is 10.1 Å². The third-order valence-corrected chi connectivity index (χ3v) is 5.09. The van der Waals surface area contributed by atoms with Crippen molar-refractivity contribution in [3.63, 3.8) is 0 Å². The number of halogens is 1. The molecule has 1 heterocycles. The standard InChI is InChI=1S/C20H19FN2O2S/c1-13-5-3-4-6-17(13)20-23-14(2)18(26-20)11-22-19(24)12-25-16-9-7-15(21)8-10-16/h3-10H,11-12H2,1-2H3,(H,22,24). The number of hydrogen-bond acceptors (Lipinski definition) is 4. The fraction of sp³-hybridized carbons (Fsp3) is 0.200. The second-order valence-corrected chi connectivity index (χ2v) is 6.95. The average Bonchev–Trinajstić information content (AvgIpc) is 3.00. The molecule has 4 nitrogen and oxygen atoms in total. The van der Waals surface area contributed by atoms with Gasteiger partial charge in [-0.15, -0.1) is 11.3 Å². The first-order valence-corrected chi connectivity index (χ1v) is 9.02. The molecule has 26 heavy (non-hydrogen) atoms. The largest absolute Gasteiger partial charge is 0.484 e. The Morgan fingerprint density at radius 3 is 2.62 bits per heavy atom. The molecule has 0 fully saturated rings. The van der Waals surface area contributed by atoms with E-state index < -0.39 is 0 Å². The average molecular weight is 370 g/mol. The zero-order chi connectivity index (χ0) is 18.5. The summed E-state index contributed by atoms with van der Waals surface area (Å²) < 4.78 is 18.2. The lowest BCUT2D eigenvalue weighted by Crippen LogP contribution is -2.28. The first kappa shape index (κ1) is 18.1. The van der Waals surface area contributed by atoms with Crippen LogP contribution in [-0.4, -0.2) is 17.5 Å². The number of nitrogens with one attached hydrogen (secondary N) is 1. The molecule has 2 aromatic carbocycles. The molecular formula is C20H19FN2O2S. The van der Waals surface area contributed by atoms with Crippen LogP contribution < -0.4 is 10.1 Å². The zero-order valence-corrected chi connectivity index (χ0v) is 15.4. The number of rotatable bonds is 6. The van der Waals surface area contributed by atoms with E-state index in [1.54, 1.807) is 11.3 Å². The summed E-state index contributed by atoms with van der Waals surface area (Å²) in [5.74, 6) is -0.121. The van der Waals surface area contributed by atoms with Gasteiger partial charge in [-0.05, 0) is 43.7 Å². The van der Waals surface area contributed by atoms with E-state index in [2.05, 4.69) is 23.3 Å². The lowest BCUT2D eigenvalue weighted by molar-refractivity contribution is -0.123. The molecule has 0 unspecified atom stereocenters. The molecule has 6 heteroatoms. The number of amides is 1. The maximum Gasteiger partial charge on any atom is 0.258 e. The fourth-order valence-electron chi connectivity index (χ4n) is 2.43. The number of ether oxygens (including phenoxy) is 1. The van der Waals surface area contributed by atoms with Crippen LogP contribution in [0.5, 0.6) is 5.75 Å². The Balaban J connectivity index is 1.57. The van der Waals surface area contributed by atoms with Gasteiger partial charge in [0.1, 0.15) is 16.6 Å². The molecule has 0 atom stereocenters. The maximum absolute atomic E-state index is 12.8. The molecule has 1 aromatic heterocycles. The SMILES string of the molecule is Cc1ccccc1-c1nc(C)c(CNC(=O)COc2ccc(F)cc2)s1. The van der Waals surface area contributed by atoms with Crippen molar-refractivity contribution in [2.24, 2.45) is 0 Å². The van der Waals surface area contributed by atoms with Crippen LogP contribution in [0.3, 0.4) is 0 Å². The Labute approximate surface area is 155 Å². The van der Waals surface area contributed by atoms with Gasteiger partial charge in [-0.25, -0.2) is 9.37 Å². The van der Waals surface area contributed by atoms with Crippen LogP contribution in [0.15, 0.2) is 48.5 Å². The summed E-state index contributed by atoms with van der Waals surface area (Å²) in [6.07, 6.45) is 0. The number of thiazole rings is 1. The quantitative estimate of drug-likeness (QED) is 0.705. The summed E-state index contributed by atoms with van der Waals surface area (Å²) >= 11 is 1.58. The molecule has 0 aliphatic rings. The highest BCUT2D eigenvalue weighted by Gasteiger charge is 2.12. The maximum atomic E-state index is 12.8. The van der Waals surface area contributed by atoms with Gasteiger partial charge in [-0.2, -0.15) is 0 Å². The summed E-state index contributed by atoms with van der Waals surface area (Å²) in [4.78, 5) is 17.6. The van der Waals surface area contributed by atoms with Crippen LogP contribution in [0.4, 0.5) is 4.39 Å². The normalized spacial score (nSPS) is 10.6. The van der Waals surface area contributed by atoms with Crippen molar-refractivity contribution in [3.05, 3.63) is 70.5 Å². The Hall–Kier alpha value is -2.73. The summed E-state index contributed by atoms with van der Waals surface area (Å²) in [7, 11) is 0. The number of hydrogen-bond donors (Lipinski definition) is 1. The Bertz CT molecular complexity index is 906. The van der Waals surface area contributed by atoms with E-state index >= 15 is 0 Å². The lowest BCUT2D eigenvalue weighted by atomic mass is 10.1. The van der Waals surface area contributed by atoms with Crippen molar-refractivity contribution in [2.45, 2.75) is 20.4 Å². The molecule has 3 aromatic rings. The van der Waals surface area contributed by atoms with E-state index in [9.17, 15) is 9.18 Å². The predicted molar refractivity (Wildman–Crippen MR) is 101 cm³/mol. The molecule has 0 radical (unpaired) electrons. The summed E-state index contributed by atoms with van der Waals surface area (Å²) in [6.45, 7) is 4.28. The van der Waals surface area contributed by atoms with Gasteiger partial charge in [0.2, 0.25) is 0 Å². The minimum Gasteiger partial charge on any atom is -0.484 e. The van der Waals surface area contributed by atoms with Gasteiger partial charge >= 0.3 is 0 Å². The Kier molecular flexibility index (Phi) is 5.63. The van der Waals surface area contributed by atoms with Crippen molar-refractivity contribution in [3.8, 4) is 16.3 Å². The Morgan fingerprint density at radius 2 is 1.88 bits per heavy atom. The summed E-state index contributed by atoms with van der Waals surface area (Å²) in [5.41, 5.74) is 3.19. The number of aryl methyl sites for hydroxylation is 2. The molecule has 134 valence electrons. The first-order chi connectivity index (χ1) is 12.5. The van der Waals surface area contributed by atoms with Gasteiger partial charge in [-0.1, -0.05) is 24.3 Å². The molecular weight excluding hydrogens is 351 g/mol. The monoisotopic (exact) mass is 370 g/mol. The molecule has 0 aliphatic heterocycles. The molecule has 0 saturated carbocycles. The van der Waals surface area contributed by atoms with Gasteiger partial charge in [0.25, 0.3) is 5.91 Å². The molecule has 0 aliphatic carbocycles. The van der Waals surface area contributed by atoms with Crippen LogP contribution in [0.1, 0.15) is 16.1 Å².